The molecule has 0 bridgehead atoms. The maximum atomic E-state index is 10.7. The Morgan fingerprint density at radius 2 is 2.05 bits per heavy atom. The zero-order valence-electron chi connectivity index (χ0n) is 12.0. The molecule has 2 N–H and O–H groups in total. The molecular weight excluding hydrogens is 254 g/mol. The van der Waals surface area contributed by atoms with Crippen LogP contribution in [0.2, 0.25) is 0 Å². The van der Waals surface area contributed by atoms with Gasteiger partial charge < -0.3 is 10.1 Å². The highest BCUT2D eigenvalue weighted by atomic mass is 16.5. The molecule has 108 valence electrons. The highest BCUT2D eigenvalue weighted by Crippen LogP contribution is 2.17. The fraction of sp³-hybridized carbons (Fsp3) is 0.467. The third-order valence-corrected chi connectivity index (χ3v) is 2.73. The summed E-state index contributed by atoms with van der Waals surface area (Å²) in [6.45, 7) is 5.34. The number of rotatable bonds is 8. The predicted octanol–water partition coefficient (Wildman–Crippen LogP) is 1.77. The monoisotopic (exact) mass is 275 g/mol. The summed E-state index contributed by atoms with van der Waals surface area (Å²) in [7, 11) is 0. The Kier molecular flexibility index (Phi) is 7.15. The topological polar surface area (TPSA) is 74.2 Å². The van der Waals surface area contributed by atoms with E-state index >= 15 is 0 Å². The molecule has 1 unspecified atom stereocenters. The van der Waals surface area contributed by atoms with E-state index in [9.17, 15) is 10.1 Å². The lowest BCUT2D eigenvalue weighted by Gasteiger charge is -2.12. The minimum atomic E-state index is -0.344. The Morgan fingerprint density at radius 3 is 2.60 bits per heavy atom. The zero-order chi connectivity index (χ0) is 14.8. The van der Waals surface area contributed by atoms with Gasteiger partial charge in [0.05, 0.1) is 12.7 Å². The molecule has 0 spiro atoms. The molecule has 0 aliphatic heterocycles. The molecule has 0 saturated carbocycles. The average Bonchev–Trinajstić information content (AvgIpc) is 2.44. The fourth-order valence-corrected chi connectivity index (χ4v) is 1.76. The second kappa shape index (κ2) is 8.94. The van der Waals surface area contributed by atoms with Gasteiger partial charge in [-0.05, 0) is 37.6 Å². The van der Waals surface area contributed by atoms with Crippen molar-refractivity contribution in [1.82, 2.24) is 10.6 Å². The Hall–Kier alpha value is -2.06. The van der Waals surface area contributed by atoms with Crippen LogP contribution in [0.25, 0.3) is 0 Å². The number of nitrogens with one attached hydrogen (secondary N) is 2. The average molecular weight is 275 g/mol. The van der Waals surface area contributed by atoms with Gasteiger partial charge in [0.25, 0.3) is 0 Å². The maximum absolute atomic E-state index is 10.7. The highest BCUT2D eigenvalue weighted by Gasteiger charge is 2.09. The third-order valence-electron chi connectivity index (χ3n) is 2.73. The maximum Gasteiger partial charge on any atom is 0.216 e. The molecule has 1 atom stereocenters. The smallest absolute Gasteiger partial charge is 0.216 e. The number of hydrogen-bond donors (Lipinski definition) is 2. The minimum Gasteiger partial charge on any atom is -0.494 e. The summed E-state index contributed by atoms with van der Waals surface area (Å²) < 4.78 is 5.37. The van der Waals surface area contributed by atoms with Crippen LogP contribution in [0.3, 0.4) is 0 Å². The van der Waals surface area contributed by atoms with Gasteiger partial charge in [-0.15, -0.1) is 0 Å². The summed E-state index contributed by atoms with van der Waals surface area (Å²) in [6, 6.07) is 9.39. The van der Waals surface area contributed by atoms with Gasteiger partial charge in [-0.25, -0.2) is 0 Å². The first kappa shape index (κ1) is 16.0. The van der Waals surface area contributed by atoms with Crippen LogP contribution in [0.4, 0.5) is 0 Å². The van der Waals surface area contributed by atoms with Crippen molar-refractivity contribution in [3.63, 3.8) is 0 Å². The fourth-order valence-electron chi connectivity index (χ4n) is 1.76. The van der Waals surface area contributed by atoms with Gasteiger partial charge in [0, 0.05) is 13.5 Å². The number of nitrogens with zero attached hydrogens (tertiary/aromatic N) is 1. The van der Waals surface area contributed by atoms with Crippen molar-refractivity contribution in [2.75, 3.05) is 19.7 Å². The van der Waals surface area contributed by atoms with Crippen LogP contribution in [0.15, 0.2) is 24.3 Å². The molecular formula is C15H21N3O2. The van der Waals surface area contributed by atoms with Gasteiger partial charge in [-0.1, -0.05) is 12.1 Å². The second-order valence-corrected chi connectivity index (χ2v) is 4.35. The van der Waals surface area contributed by atoms with Gasteiger partial charge in [-0.3, -0.25) is 10.1 Å². The van der Waals surface area contributed by atoms with Crippen molar-refractivity contribution in [1.29, 1.82) is 5.26 Å². The molecule has 0 fully saturated rings. The Balaban J connectivity index is 2.41. The quantitative estimate of drug-likeness (QED) is 0.709. The first-order chi connectivity index (χ1) is 9.67. The molecule has 5 heteroatoms. The van der Waals surface area contributed by atoms with E-state index in [4.69, 9.17) is 4.74 Å². The lowest BCUT2D eigenvalue weighted by molar-refractivity contribution is -0.118. The van der Waals surface area contributed by atoms with E-state index in [2.05, 4.69) is 16.7 Å². The van der Waals surface area contributed by atoms with Gasteiger partial charge in [0.2, 0.25) is 5.91 Å². The van der Waals surface area contributed by atoms with Crippen LogP contribution >= 0.6 is 0 Å². The molecule has 0 radical (unpaired) electrons. The van der Waals surface area contributed by atoms with Gasteiger partial charge in [0.15, 0.2) is 0 Å². The summed E-state index contributed by atoms with van der Waals surface area (Å²) in [4.78, 5) is 10.7. The number of nitriles is 1. The zero-order valence-corrected chi connectivity index (χ0v) is 12.0. The molecule has 20 heavy (non-hydrogen) atoms. The Morgan fingerprint density at radius 1 is 1.35 bits per heavy atom. The Labute approximate surface area is 119 Å². The largest absolute Gasteiger partial charge is 0.494 e. The van der Waals surface area contributed by atoms with Crippen LogP contribution in [0.1, 0.15) is 31.9 Å². The number of amides is 1. The number of hydrogen-bond acceptors (Lipinski definition) is 4. The lowest BCUT2D eigenvalue weighted by atomic mass is 10.1. The van der Waals surface area contributed by atoms with E-state index in [0.29, 0.717) is 19.7 Å². The number of carbonyl (C=O) groups is 1. The van der Waals surface area contributed by atoms with Gasteiger partial charge in [0.1, 0.15) is 11.8 Å². The van der Waals surface area contributed by atoms with Crippen molar-refractivity contribution in [2.45, 2.75) is 26.3 Å². The molecule has 0 saturated heterocycles. The molecule has 1 rings (SSSR count). The lowest BCUT2D eigenvalue weighted by Crippen LogP contribution is -2.27. The molecule has 1 aromatic carbocycles. The minimum absolute atomic E-state index is 0.0339. The summed E-state index contributed by atoms with van der Waals surface area (Å²) in [5, 5.41) is 15.1. The van der Waals surface area contributed by atoms with Crippen molar-refractivity contribution >= 4 is 5.91 Å². The number of carbonyl (C=O) groups excluding carboxylic acids is 1. The van der Waals surface area contributed by atoms with Crippen molar-refractivity contribution in [3.8, 4) is 11.8 Å². The summed E-state index contributed by atoms with van der Waals surface area (Å²) in [5.74, 6) is 0.770. The van der Waals surface area contributed by atoms with E-state index in [0.717, 1.165) is 17.7 Å². The van der Waals surface area contributed by atoms with Crippen LogP contribution in [0.5, 0.6) is 5.75 Å². The number of ether oxygens (including phenoxy) is 1. The molecule has 0 aromatic heterocycles. The van der Waals surface area contributed by atoms with Gasteiger partial charge in [-0.2, -0.15) is 5.26 Å². The van der Waals surface area contributed by atoms with Crippen molar-refractivity contribution in [2.24, 2.45) is 0 Å². The first-order valence-electron chi connectivity index (χ1n) is 6.77. The van der Waals surface area contributed by atoms with E-state index in [1.54, 1.807) is 0 Å². The second-order valence-electron chi connectivity index (χ2n) is 4.35. The summed E-state index contributed by atoms with van der Waals surface area (Å²) in [6.07, 6.45) is 0.786. The van der Waals surface area contributed by atoms with E-state index in [-0.39, 0.29) is 11.9 Å². The molecule has 1 aromatic rings. The SMILES string of the molecule is CCOc1ccc(C(C#N)NCCCNC(C)=O)cc1. The predicted molar refractivity (Wildman–Crippen MR) is 77.3 cm³/mol. The number of benzene rings is 1. The molecule has 1 amide bonds. The Bertz CT molecular complexity index is 451. The van der Waals surface area contributed by atoms with Gasteiger partial charge >= 0.3 is 0 Å². The standard InChI is InChI=1S/C15H21N3O2/c1-3-20-14-7-5-13(6-8-14)15(11-16)18-10-4-9-17-12(2)19/h5-8,15,18H,3-4,9-10H2,1-2H3,(H,17,19). The van der Waals surface area contributed by atoms with Crippen LogP contribution in [-0.4, -0.2) is 25.6 Å². The third kappa shape index (κ3) is 5.72. The van der Waals surface area contributed by atoms with E-state index in [1.807, 2.05) is 31.2 Å². The van der Waals surface area contributed by atoms with E-state index < -0.39 is 0 Å². The highest BCUT2D eigenvalue weighted by molar-refractivity contribution is 5.72. The summed E-state index contributed by atoms with van der Waals surface area (Å²) >= 11 is 0. The van der Waals surface area contributed by atoms with Crippen LogP contribution in [-0.2, 0) is 4.79 Å². The molecule has 0 aliphatic rings. The van der Waals surface area contributed by atoms with Crippen LogP contribution in [0, 0.1) is 11.3 Å². The molecule has 0 aliphatic carbocycles. The van der Waals surface area contributed by atoms with E-state index in [1.165, 1.54) is 6.92 Å². The van der Waals surface area contributed by atoms with Crippen molar-refractivity contribution < 1.29 is 9.53 Å². The summed E-state index contributed by atoms with van der Waals surface area (Å²) in [5.41, 5.74) is 0.912. The first-order valence-corrected chi connectivity index (χ1v) is 6.77. The molecule has 5 nitrogen and oxygen atoms in total. The van der Waals surface area contributed by atoms with Crippen molar-refractivity contribution in [3.05, 3.63) is 29.8 Å². The molecule has 0 heterocycles. The normalized spacial score (nSPS) is 11.4. The van der Waals surface area contributed by atoms with Crippen LogP contribution < -0.4 is 15.4 Å².